The molecule has 5 heteroatoms. The molecule has 2 aromatic rings. The van der Waals surface area contributed by atoms with Crippen LogP contribution in [0, 0.1) is 0 Å². The van der Waals surface area contributed by atoms with Gasteiger partial charge in [0.25, 0.3) is 0 Å². The first-order valence-electron chi connectivity index (χ1n) is 7.24. The maximum absolute atomic E-state index is 12.0. The fraction of sp³-hybridized carbons (Fsp3) is 0.222. The van der Waals surface area contributed by atoms with Gasteiger partial charge in [-0.05, 0) is 24.3 Å². The van der Waals surface area contributed by atoms with Crippen LogP contribution in [0.3, 0.4) is 0 Å². The summed E-state index contributed by atoms with van der Waals surface area (Å²) in [7, 11) is 1.27. The van der Waals surface area contributed by atoms with Crippen molar-refractivity contribution in [3.05, 3.63) is 65.7 Å². The van der Waals surface area contributed by atoms with Gasteiger partial charge < -0.3 is 14.2 Å². The highest BCUT2D eigenvalue weighted by molar-refractivity contribution is 6.03. The number of rotatable bonds is 7. The zero-order valence-electron chi connectivity index (χ0n) is 12.9. The maximum atomic E-state index is 12.0. The Morgan fingerprint density at radius 2 is 1.43 bits per heavy atom. The van der Waals surface area contributed by atoms with E-state index >= 15 is 0 Å². The first kappa shape index (κ1) is 16.5. The zero-order chi connectivity index (χ0) is 16.5. The molecule has 0 aliphatic carbocycles. The molecule has 0 saturated carbocycles. The lowest BCUT2D eigenvalue weighted by molar-refractivity contribution is 0.0469. The minimum absolute atomic E-state index is 0.195. The average Bonchev–Trinajstić information content (AvgIpc) is 2.61. The van der Waals surface area contributed by atoms with Crippen LogP contribution in [0.25, 0.3) is 0 Å². The lowest BCUT2D eigenvalue weighted by Crippen LogP contribution is -2.14. The minimum Gasteiger partial charge on any atom is -0.493 e. The molecule has 0 radical (unpaired) electrons. The molecular weight excluding hydrogens is 296 g/mol. The van der Waals surface area contributed by atoms with Crippen LogP contribution in [0.1, 0.15) is 27.1 Å². The van der Waals surface area contributed by atoms with Gasteiger partial charge in [0.1, 0.15) is 5.75 Å². The van der Waals surface area contributed by atoms with Crippen molar-refractivity contribution in [2.24, 2.45) is 0 Å². The smallest absolute Gasteiger partial charge is 0.339 e. The second-order valence-electron chi connectivity index (χ2n) is 4.69. The number of para-hydroxylation sites is 1. The van der Waals surface area contributed by atoms with Crippen molar-refractivity contribution in [2.75, 3.05) is 20.3 Å². The largest absolute Gasteiger partial charge is 0.493 e. The Balaban J connectivity index is 1.80. The molecule has 0 atom stereocenters. The summed E-state index contributed by atoms with van der Waals surface area (Å²) < 4.78 is 15.3. The van der Waals surface area contributed by atoms with Gasteiger partial charge in [-0.25, -0.2) is 9.59 Å². The van der Waals surface area contributed by atoms with Gasteiger partial charge in [-0.1, -0.05) is 30.3 Å². The summed E-state index contributed by atoms with van der Waals surface area (Å²) >= 11 is 0. The Labute approximate surface area is 134 Å². The Hall–Kier alpha value is -2.82. The Morgan fingerprint density at radius 3 is 2.09 bits per heavy atom. The summed E-state index contributed by atoms with van der Waals surface area (Å²) in [5.41, 5.74) is 0.392. The number of carbonyl (C=O) groups excluding carboxylic acids is 2. The predicted molar refractivity (Wildman–Crippen MR) is 84.6 cm³/mol. The van der Waals surface area contributed by atoms with Crippen molar-refractivity contribution in [3.8, 4) is 5.75 Å². The molecule has 120 valence electrons. The second kappa shape index (κ2) is 8.58. The molecule has 0 amide bonds. The van der Waals surface area contributed by atoms with E-state index in [1.165, 1.54) is 19.2 Å². The van der Waals surface area contributed by atoms with E-state index in [0.29, 0.717) is 13.0 Å². The molecule has 0 fully saturated rings. The van der Waals surface area contributed by atoms with Crippen molar-refractivity contribution in [1.29, 1.82) is 0 Å². The molecule has 0 spiro atoms. The Bertz CT molecular complexity index is 651. The van der Waals surface area contributed by atoms with E-state index < -0.39 is 11.9 Å². The van der Waals surface area contributed by atoms with E-state index in [2.05, 4.69) is 4.74 Å². The summed E-state index contributed by atoms with van der Waals surface area (Å²) in [5.74, 6) is -0.342. The number of ether oxygens (including phenoxy) is 3. The molecule has 0 unspecified atom stereocenters. The van der Waals surface area contributed by atoms with Gasteiger partial charge in [-0.15, -0.1) is 0 Å². The molecule has 0 aromatic heterocycles. The van der Waals surface area contributed by atoms with Crippen molar-refractivity contribution in [1.82, 2.24) is 0 Å². The highest BCUT2D eigenvalue weighted by atomic mass is 16.5. The van der Waals surface area contributed by atoms with Crippen molar-refractivity contribution in [2.45, 2.75) is 6.42 Å². The monoisotopic (exact) mass is 314 g/mol. The molecule has 23 heavy (non-hydrogen) atoms. The van der Waals surface area contributed by atoms with Gasteiger partial charge >= 0.3 is 11.9 Å². The fourth-order valence-corrected chi connectivity index (χ4v) is 1.96. The summed E-state index contributed by atoms with van der Waals surface area (Å²) in [4.78, 5) is 23.7. The average molecular weight is 314 g/mol. The molecule has 2 aromatic carbocycles. The van der Waals surface area contributed by atoms with Crippen LogP contribution in [-0.4, -0.2) is 32.3 Å². The van der Waals surface area contributed by atoms with Crippen molar-refractivity contribution >= 4 is 11.9 Å². The zero-order valence-corrected chi connectivity index (χ0v) is 12.9. The number of hydrogen-bond donors (Lipinski definition) is 0. The predicted octanol–water partition coefficient (Wildman–Crippen LogP) is 3.10. The third-order valence-electron chi connectivity index (χ3n) is 3.09. The number of carbonyl (C=O) groups is 2. The normalized spacial score (nSPS) is 9.96. The van der Waals surface area contributed by atoms with Crippen LogP contribution in [-0.2, 0) is 9.47 Å². The summed E-state index contributed by atoms with van der Waals surface area (Å²) in [6, 6.07) is 15.8. The summed E-state index contributed by atoms with van der Waals surface area (Å²) in [5, 5.41) is 0. The quantitative estimate of drug-likeness (QED) is 0.580. The number of benzene rings is 2. The Morgan fingerprint density at radius 1 is 0.826 bits per heavy atom. The highest BCUT2D eigenvalue weighted by Gasteiger charge is 2.17. The van der Waals surface area contributed by atoms with Crippen LogP contribution >= 0.6 is 0 Å². The van der Waals surface area contributed by atoms with E-state index in [1.54, 1.807) is 12.1 Å². The van der Waals surface area contributed by atoms with Gasteiger partial charge in [-0.2, -0.15) is 0 Å². The highest BCUT2D eigenvalue weighted by Crippen LogP contribution is 2.12. The van der Waals surface area contributed by atoms with Crippen LogP contribution in [0.2, 0.25) is 0 Å². The van der Waals surface area contributed by atoms with E-state index in [1.807, 2.05) is 30.3 Å². The van der Waals surface area contributed by atoms with Crippen LogP contribution < -0.4 is 4.74 Å². The van der Waals surface area contributed by atoms with E-state index in [4.69, 9.17) is 9.47 Å². The van der Waals surface area contributed by atoms with E-state index in [0.717, 1.165) is 5.75 Å². The molecule has 0 aliphatic rings. The molecule has 0 saturated heterocycles. The lowest BCUT2D eigenvalue weighted by Gasteiger charge is -2.09. The lowest BCUT2D eigenvalue weighted by atomic mass is 10.1. The van der Waals surface area contributed by atoms with Crippen molar-refractivity contribution in [3.63, 3.8) is 0 Å². The SMILES string of the molecule is COC(=O)c1ccccc1C(=O)OCCCOc1ccccc1. The van der Waals surface area contributed by atoms with Gasteiger partial charge in [0.05, 0.1) is 31.5 Å². The first-order chi connectivity index (χ1) is 11.2. The van der Waals surface area contributed by atoms with Crippen LogP contribution in [0.15, 0.2) is 54.6 Å². The third-order valence-corrected chi connectivity index (χ3v) is 3.09. The molecule has 2 rings (SSSR count). The number of hydrogen-bond acceptors (Lipinski definition) is 5. The molecule has 5 nitrogen and oxygen atoms in total. The van der Waals surface area contributed by atoms with E-state index in [-0.39, 0.29) is 17.7 Å². The Kier molecular flexibility index (Phi) is 6.17. The minimum atomic E-state index is -0.565. The fourth-order valence-electron chi connectivity index (χ4n) is 1.96. The molecule has 0 aliphatic heterocycles. The van der Waals surface area contributed by atoms with Gasteiger partial charge in [0, 0.05) is 6.42 Å². The topological polar surface area (TPSA) is 61.8 Å². The maximum Gasteiger partial charge on any atom is 0.339 e. The van der Waals surface area contributed by atoms with Gasteiger partial charge in [0.15, 0.2) is 0 Å². The third kappa shape index (κ3) is 4.85. The summed E-state index contributed by atoms with van der Waals surface area (Å²) in [6.07, 6.45) is 0.557. The molecule has 0 heterocycles. The number of esters is 2. The van der Waals surface area contributed by atoms with Crippen LogP contribution in [0.4, 0.5) is 0 Å². The molecule has 0 N–H and O–H groups in total. The second-order valence-corrected chi connectivity index (χ2v) is 4.69. The number of methoxy groups -OCH3 is 1. The van der Waals surface area contributed by atoms with Gasteiger partial charge in [-0.3, -0.25) is 0 Å². The first-order valence-corrected chi connectivity index (χ1v) is 7.24. The van der Waals surface area contributed by atoms with E-state index in [9.17, 15) is 9.59 Å². The summed E-state index contributed by atoms with van der Waals surface area (Å²) in [6.45, 7) is 0.650. The molecule has 0 bridgehead atoms. The molecular formula is C18H18O5. The van der Waals surface area contributed by atoms with Gasteiger partial charge in [0.2, 0.25) is 0 Å². The van der Waals surface area contributed by atoms with Crippen molar-refractivity contribution < 1.29 is 23.8 Å². The van der Waals surface area contributed by atoms with Crippen LogP contribution in [0.5, 0.6) is 5.75 Å². The standard InChI is InChI=1S/C18H18O5/c1-21-17(19)15-10-5-6-11-16(15)18(20)23-13-7-12-22-14-8-3-2-4-9-14/h2-6,8-11H,7,12-13H2,1H3.